The highest BCUT2D eigenvalue weighted by atomic mass is 32.1. The number of ketones is 1. The maximum absolute atomic E-state index is 12.2. The lowest BCUT2D eigenvalue weighted by Crippen LogP contribution is -2.24. The topological polar surface area (TPSA) is 39.2 Å². The molecule has 2 rings (SSSR count). The highest BCUT2D eigenvalue weighted by Crippen LogP contribution is 2.28. The SMILES string of the molecule is CCOc1ccc2nc(CC(=O)C(F)(F)F)sc2c1. The van der Waals surface area contributed by atoms with Gasteiger partial charge in [0.25, 0.3) is 0 Å². The number of rotatable bonds is 4. The quantitative estimate of drug-likeness (QED) is 0.866. The number of Topliss-reactive ketones (excluding diaryl/α,β-unsaturated/α-hetero) is 1. The zero-order valence-electron chi connectivity index (χ0n) is 9.95. The number of carbonyl (C=O) groups excluding carboxylic acids is 1. The molecule has 0 saturated carbocycles. The number of fused-ring (bicyclic) bond motifs is 1. The van der Waals surface area contributed by atoms with Gasteiger partial charge in [0.05, 0.1) is 23.2 Å². The molecule has 2 aromatic rings. The van der Waals surface area contributed by atoms with E-state index in [9.17, 15) is 18.0 Å². The van der Waals surface area contributed by atoms with Crippen LogP contribution in [0.15, 0.2) is 18.2 Å². The first kappa shape index (κ1) is 13.8. The molecular formula is C12H10F3NO2S. The second-order valence-corrected chi connectivity index (χ2v) is 4.88. The Balaban J connectivity index is 2.24. The summed E-state index contributed by atoms with van der Waals surface area (Å²) >= 11 is 1.07. The molecule has 1 heterocycles. The van der Waals surface area contributed by atoms with E-state index in [2.05, 4.69) is 4.98 Å². The molecule has 0 bridgehead atoms. The van der Waals surface area contributed by atoms with Crippen molar-refractivity contribution in [2.75, 3.05) is 6.61 Å². The smallest absolute Gasteiger partial charge is 0.450 e. The van der Waals surface area contributed by atoms with Crippen LogP contribution in [0.3, 0.4) is 0 Å². The predicted molar refractivity (Wildman–Crippen MR) is 65.6 cm³/mol. The Bertz CT molecular complexity index is 607. The van der Waals surface area contributed by atoms with Crippen LogP contribution in [-0.2, 0) is 11.2 Å². The number of halogens is 3. The van der Waals surface area contributed by atoms with Crippen LogP contribution in [0, 0.1) is 0 Å². The largest absolute Gasteiger partial charge is 0.494 e. The van der Waals surface area contributed by atoms with E-state index in [1.54, 1.807) is 18.2 Å². The third kappa shape index (κ3) is 3.23. The summed E-state index contributed by atoms with van der Waals surface area (Å²) < 4.78 is 42.5. The first-order valence-electron chi connectivity index (χ1n) is 5.52. The van der Waals surface area contributed by atoms with Gasteiger partial charge in [-0.1, -0.05) is 0 Å². The molecule has 3 nitrogen and oxygen atoms in total. The lowest BCUT2D eigenvalue weighted by atomic mass is 10.3. The van der Waals surface area contributed by atoms with Crippen LogP contribution in [-0.4, -0.2) is 23.6 Å². The van der Waals surface area contributed by atoms with E-state index in [4.69, 9.17) is 4.74 Å². The van der Waals surface area contributed by atoms with E-state index in [0.29, 0.717) is 22.6 Å². The van der Waals surface area contributed by atoms with Gasteiger partial charge >= 0.3 is 6.18 Å². The standard InChI is InChI=1S/C12H10F3NO2S/c1-2-18-7-3-4-8-9(5-7)19-11(16-8)6-10(17)12(13,14)15/h3-5H,2,6H2,1H3. The molecule has 7 heteroatoms. The van der Waals surface area contributed by atoms with Crippen molar-refractivity contribution in [3.8, 4) is 5.75 Å². The molecule has 19 heavy (non-hydrogen) atoms. The summed E-state index contributed by atoms with van der Waals surface area (Å²) in [5.41, 5.74) is 0.568. The zero-order valence-corrected chi connectivity index (χ0v) is 10.8. The summed E-state index contributed by atoms with van der Waals surface area (Å²) in [5, 5.41) is 0.158. The molecular weight excluding hydrogens is 279 g/mol. The highest BCUT2D eigenvalue weighted by Gasteiger charge is 2.38. The van der Waals surface area contributed by atoms with E-state index in [1.165, 1.54) is 0 Å². The van der Waals surface area contributed by atoms with Crippen LogP contribution in [0.5, 0.6) is 5.75 Å². The van der Waals surface area contributed by atoms with E-state index < -0.39 is 18.4 Å². The van der Waals surface area contributed by atoms with Gasteiger partial charge < -0.3 is 4.74 Å². The van der Waals surface area contributed by atoms with Crippen molar-refractivity contribution in [2.24, 2.45) is 0 Å². The van der Waals surface area contributed by atoms with E-state index in [1.807, 2.05) is 6.92 Å². The Hall–Kier alpha value is -1.63. The number of hydrogen-bond acceptors (Lipinski definition) is 4. The van der Waals surface area contributed by atoms with Gasteiger partial charge in [-0.3, -0.25) is 4.79 Å². The first-order chi connectivity index (χ1) is 8.90. The monoisotopic (exact) mass is 289 g/mol. The molecule has 0 atom stereocenters. The van der Waals surface area contributed by atoms with Gasteiger partial charge in [-0.15, -0.1) is 11.3 Å². The number of thiazole rings is 1. The highest BCUT2D eigenvalue weighted by molar-refractivity contribution is 7.18. The summed E-state index contributed by atoms with van der Waals surface area (Å²) in [6.45, 7) is 2.34. The van der Waals surface area contributed by atoms with Crippen LogP contribution in [0.4, 0.5) is 13.2 Å². The van der Waals surface area contributed by atoms with Gasteiger partial charge in [0, 0.05) is 0 Å². The second-order valence-electron chi connectivity index (χ2n) is 3.77. The van der Waals surface area contributed by atoms with Gasteiger partial charge in [-0.05, 0) is 25.1 Å². The van der Waals surface area contributed by atoms with Crippen molar-refractivity contribution < 1.29 is 22.7 Å². The lowest BCUT2D eigenvalue weighted by Gasteiger charge is -2.01. The Morgan fingerprint density at radius 3 is 2.79 bits per heavy atom. The summed E-state index contributed by atoms with van der Waals surface area (Å²) in [6.07, 6.45) is -5.53. The van der Waals surface area contributed by atoms with Crippen LogP contribution in [0.2, 0.25) is 0 Å². The Morgan fingerprint density at radius 2 is 2.16 bits per heavy atom. The average molecular weight is 289 g/mol. The maximum Gasteiger partial charge on any atom is 0.450 e. The van der Waals surface area contributed by atoms with Crippen molar-refractivity contribution in [1.82, 2.24) is 4.98 Å². The molecule has 0 unspecified atom stereocenters. The molecule has 0 amide bonds. The first-order valence-corrected chi connectivity index (χ1v) is 6.34. The third-order valence-corrected chi connectivity index (χ3v) is 3.36. The number of nitrogens with zero attached hydrogens (tertiary/aromatic N) is 1. The predicted octanol–water partition coefficient (Wildman–Crippen LogP) is 3.37. The molecule has 1 aromatic carbocycles. The second kappa shape index (κ2) is 5.16. The van der Waals surface area contributed by atoms with Crippen LogP contribution in [0.1, 0.15) is 11.9 Å². The average Bonchev–Trinajstić information content (AvgIpc) is 2.69. The third-order valence-electron chi connectivity index (χ3n) is 2.34. The molecule has 0 aliphatic rings. The lowest BCUT2D eigenvalue weighted by molar-refractivity contribution is -0.170. The van der Waals surface area contributed by atoms with Gasteiger partial charge in [-0.25, -0.2) is 4.98 Å². The van der Waals surface area contributed by atoms with Gasteiger partial charge in [0.2, 0.25) is 5.78 Å². The number of ether oxygens (including phenoxy) is 1. The number of benzene rings is 1. The normalized spacial score (nSPS) is 11.8. The zero-order chi connectivity index (χ0) is 14.0. The molecule has 0 spiro atoms. The molecule has 102 valence electrons. The van der Waals surface area contributed by atoms with E-state index >= 15 is 0 Å². The minimum atomic E-state index is -4.81. The summed E-state index contributed by atoms with van der Waals surface area (Å²) in [7, 11) is 0. The number of hydrogen-bond donors (Lipinski definition) is 0. The summed E-state index contributed by atoms with van der Waals surface area (Å²) in [6, 6.07) is 5.07. The number of aromatic nitrogens is 1. The van der Waals surface area contributed by atoms with Crippen LogP contribution in [0.25, 0.3) is 10.2 Å². The van der Waals surface area contributed by atoms with Crippen molar-refractivity contribution in [1.29, 1.82) is 0 Å². The van der Waals surface area contributed by atoms with Crippen molar-refractivity contribution >= 4 is 27.3 Å². The van der Waals surface area contributed by atoms with Gasteiger partial charge in [0.1, 0.15) is 10.8 Å². The number of carbonyl (C=O) groups is 1. The van der Waals surface area contributed by atoms with E-state index in [-0.39, 0.29) is 5.01 Å². The molecule has 0 aliphatic carbocycles. The minimum Gasteiger partial charge on any atom is -0.494 e. The van der Waals surface area contributed by atoms with Crippen molar-refractivity contribution in [3.63, 3.8) is 0 Å². The molecule has 1 aromatic heterocycles. The Morgan fingerprint density at radius 1 is 1.42 bits per heavy atom. The number of alkyl halides is 3. The Labute approximate surface area is 111 Å². The van der Waals surface area contributed by atoms with Crippen LogP contribution < -0.4 is 4.74 Å². The summed E-state index contributed by atoms with van der Waals surface area (Å²) in [4.78, 5) is 14.9. The van der Waals surface area contributed by atoms with Crippen molar-refractivity contribution in [3.05, 3.63) is 23.2 Å². The molecule has 0 saturated heterocycles. The molecule has 0 aliphatic heterocycles. The summed E-state index contributed by atoms with van der Waals surface area (Å²) in [5.74, 6) is -1.15. The Kier molecular flexibility index (Phi) is 3.75. The fourth-order valence-electron chi connectivity index (χ4n) is 1.52. The molecule has 0 radical (unpaired) electrons. The minimum absolute atomic E-state index is 0.158. The fourth-order valence-corrected chi connectivity index (χ4v) is 2.52. The molecule has 0 N–H and O–H groups in total. The van der Waals surface area contributed by atoms with Crippen LogP contribution >= 0.6 is 11.3 Å². The van der Waals surface area contributed by atoms with Gasteiger partial charge in [0.15, 0.2) is 0 Å². The van der Waals surface area contributed by atoms with Crippen molar-refractivity contribution in [2.45, 2.75) is 19.5 Å². The van der Waals surface area contributed by atoms with E-state index in [0.717, 1.165) is 11.3 Å². The van der Waals surface area contributed by atoms with Gasteiger partial charge in [-0.2, -0.15) is 13.2 Å². The fraction of sp³-hybridized carbons (Fsp3) is 0.333. The molecule has 0 fully saturated rings. The maximum atomic E-state index is 12.2.